The minimum atomic E-state index is -0.200. The molecule has 4 heteroatoms. The topological polar surface area (TPSA) is 46.6 Å². The van der Waals surface area contributed by atoms with Crippen molar-refractivity contribution in [2.45, 2.75) is 40.5 Å². The molecule has 4 nitrogen and oxygen atoms in total. The lowest BCUT2D eigenvalue weighted by Gasteiger charge is -2.28. The molecule has 104 valence electrons. The summed E-state index contributed by atoms with van der Waals surface area (Å²) >= 11 is 0. The number of ether oxygens (including phenoxy) is 1. The van der Waals surface area contributed by atoms with Gasteiger partial charge in [-0.2, -0.15) is 0 Å². The van der Waals surface area contributed by atoms with Crippen LogP contribution in [0.1, 0.15) is 40.5 Å². The van der Waals surface area contributed by atoms with E-state index < -0.39 is 0 Å². The highest BCUT2D eigenvalue weighted by Gasteiger charge is 2.33. The van der Waals surface area contributed by atoms with Crippen LogP contribution in [0.2, 0.25) is 0 Å². The Morgan fingerprint density at radius 3 is 2.50 bits per heavy atom. The van der Waals surface area contributed by atoms with Gasteiger partial charge in [-0.25, -0.2) is 0 Å². The van der Waals surface area contributed by atoms with Crippen LogP contribution in [0.4, 0.5) is 0 Å². The summed E-state index contributed by atoms with van der Waals surface area (Å²) in [5.74, 6) is 0.157. The molecular weight excluding hydrogens is 230 g/mol. The van der Waals surface area contributed by atoms with E-state index in [1.165, 1.54) is 7.11 Å². The molecule has 0 N–H and O–H groups in total. The fourth-order valence-electron chi connectivity index (χ4n) is 2.04. The Morgan fingerprint density at radius 2 is 2.00 bits per heavy atom. The van der Waals surface area contributed by atoms with Crippen molar-refractivity contribution >= 4 is 11.9 Å². The number of carbonyl (C=O) groups excluding carboxylic acids is 2. The summed E-state index contributed by atoms with van der Waals surface area (Å²) in [6.07, 6.45) is 1.28. The molecule has 2 unspecified atom stereocenters. The second-order valence-electron chi connectivity index (χ2n) is 6.32. The highest BCUT2D eigenvalue weighted by molar-refractivity contribution is 5.79. The molecule has 1 fully saturated rings. The van der Waals surface area contributed by atoms with E-state index in [-0.39, 0.29) is 23.2 Å². The van der Waals surface area contributed by atoms with Crippen molar-refractivity contribution in [1.82, 2.24) is 4.90 Å². The Morgan fingerprint density at radius 1 is 1.39 bits per heavy atom. The first-order chi connectivity index (χ1) is 8.25. The number of esters is 1. The quantitative estimate of drug-likeness (QED) is 0.725. The van der Waals surface area contributed by atoms with Crippen molar-refractivity contribution in [1.29, 1.82) is 0 Å². The number of amides is 1. The van der Waals surface area contributed by atoms with Crippen LogP contribution < -0.4 is 0 Å². The minimum Gasteiger partial charge on any atom is -0.469 e. The zero-order valence-corrected chi connectivity index (χ0v) is 12.2. The third kappa shape index (κ3) is 3.72. The monoisotopic (exact) mass is 255 g/mol. The van der Waals surface area contributed by atoms with Crippen LogP contribution in [-0.4, -0.2) is 37.0 Å². The average molecular weight is 255 g/mol. The van der Waals surface area contributed by atoms with Crippen molar-refractivity contribution in [3.8, 4) is 0 Å². The molecule has 0 aromatic heterocycles. The molecule has 1 aliphatic heterocycles. The lowest BCUT2D eigenvalue weighted by molar-refractivity contribution is -0.145. The van der Waals surface area contributed by atoms with E-state index in [1.807, 2.05) is 0 Å². The molecule has 0 aliphatic carbocycles. The van der Waals surface area contributed by atoms with Gasteiger partial charge in [0.15, 0.2) is 0 Å². The zero-order valence-electron chi connectivity index (χ0n) is 12.2. The zero-order chi connectivity index (χ0) is 13.9. The molecule has 1 heterocycles. The highest BCUT2D eigenvalue weighted by atomic mass is 16.5. The lowest BCUT2D eigenvalue weighted by atomic mass is 9.80. The summed E-state index contributed by atoms with van der Waals surface area (Å²) in [7, 11) is 1.40. The Balaban J connectivity index is 2.48. The number of carbonyl (C=O) groups is 2. The normalized spacial score (nSPS) is 21.8. The fraction of sp³-hybridized carbons (Fsp3) is 0.857. The predicted octanol–water partition coefficient (Wildman–Crippen LogP) is 2.08. The fourth-order valence-corrected chi connectivity index (χ4v) is 2.04. The van der Waals surface area contributed by atoms with Crippen LogP contribution in [0.5, 0.6) is 0 Å². The molecule has 0 spiro atoms. The van der Waals surface area contributed by atoms with Gasteiger partial charge in [-0.15, -0.1) is 0 Å². The molecule has 1 rings (SSSR count). The summed E-state index contributed by atoms with van der Waals surface area (Å²) in [6, 6.07) is 0. The van der Waals surface area contributed by atoms with Gasteiger partial charge in [-0.05, 0) is 17.8 Å². The standard InChI is InChI=1S/C14H25NO3/c1-10(14(2,3)4)8-12(16)15-7-6-11(9-15)13(17)18-5/h10-11H,6-9H2,1-5H3. The second-order valence-corrected chi connectivity index (χ2v) is 6.32. The van der Waals surface area contributed by atoms with Gasteiger partial charge in [0, 0.05) is 19.5 Å². The highest BCUT2D eigenvalue weighted by Crippen LogP contribution is 2.29. The molecule has 2 atom stereocenters. The molecule has 0 radical (unpaired) electrons. The van der Waals surface area contributed by atoms with Gasteiger partial charge in [-0.3, -0.25) is 9.59 Å². The maximum Gasteiger partial charge on any atom is 0.310 e. The summed E-state index contributed by atoms with van der Waals surface area (Å²) in [5, 5.41) is 0. The molecule has 18 heavy (non-hydrogen) atoms. The summed E-state index contributed by atoms with van der Waals surface area (Å²) in [6.45, 7) is 9.73. The third-order valence-electron chi connectivity index (χ3n) is 4.03. The van der Waals surface area contributed by atoms with E-state index >= 15 is 0 Å². The Labute approximate surface area is 110 Å². The molecule has 0 bridgehead atoms. The molecular formula is C14H25NO3. The molecule has 0 aromatic rings. The number of hydrogen-bond acceptors (Lipinski definition) is 3. The van der Waals surface area contributed by atoms with Crippen molar-refractivity contribution < 1.29 is 14.3 Å². The lowest BCUT2D eigenvalue weighted by Crippen LogP contribution is -2.33. The van der Waals surface area contributed by atoms with E-state index in [0.29, 0.717) is 25.4 Å². The molecule has 1 saturated heterocycles. The van der Waals surface area contributed by atoms with Crippen molar-refractivity contribution in [2.75, 3.05) is 20.2 Å². The largest absolute Gasteiger partial charge is 0.469 e. The number of rotatable bonds is 3. The van der Waals surface area contributed by atoms with Crippen LogP contribution in [0.15, 0.2) is 0 Å². The maximum atomic E-state index is 12.1. The molecule has 1 aliphatic rings. The number of hydrogen-bond donors (Lipinski definition) is 0. The van der Waals surface area contributed by atoms with E-state index in [4.69, 9.17) is 4.74 Å². The van der Waals surface area contributed by atoms with Gasteiger partial charge in [0.1, 0.15) is 0 Å². The van der Waals surface area contributed by atoms with Crippen molar-refractivity contribution in [2.24, 2.45) is 17.3 Å². The minimum absolute atomic E-state index is 0.135. The first-order valence-electron chi connectivity index (χ1n) is 6.61. The maximum absolute atomic E-state index is 12.1. The summed E-state index contributed by atoms with van der Waals surface area (Å²) < 4.78 is 4.72. The Bertz CT molecular complexity index is 319. The van der Waals surface area contributed by atoms with Crippen molar-refractivity contribution in [3.05, 3.63) is 0 Å². The second kappa shape index (κ2) is 5.72. The SMILES string of the molecule is COC(=O)C1CCN(C(=O)CC(C)C(C)(C)C)C1. The van der Waals surface area contributed by atoms with E-state index in [9.17, 15) is 9.59 Å². The molecule has 0 saturated carbocycles. The Kier molecular flexibility index (Phi) is 4.77. The van der Waals surface area contributed by atoms with Gasteiger partial charge in [0.05, 0.1) is 13.0 Å². The van der Waals surface area contributed by atoms with Gasteiger partial charge in [-0.1, -0.05) is 27.7 Å². The number of nitrogens with zero attached hydrogens (tertiary/aromatic N) is 1. The van der Waals surface area contributed by atoms with Crippen LogP contribution in [0, 0.1) is 17.3 Å². The third-order valence-corrected chi connectivity index (χ3v) is 4.03. The van der Waals surface area contributed by atoms with E-state index in [0.717, 1.165) is 6.42 Å². The Hall–Kier alpha value is -1.06. The predicted molar refractivity (Wildman–Crippen MR) is 69.9 cm³/mol. The van der Waals surface area contributed by atoms with Gasteiger partial charge in [0.2, 0.25) is 5.91 Å². The molecule has 1 amide bonds. The van der Waals surface area contributed by atoms with Crippen LogP contribution in [-0.2, 0) is 14.3 Å². The number of likely N-dealkylation sites (tertiary alicyclic amines) is 1. The van der Waals surface area contributed by atoms with Gasteiger partial charge in [0.25, 0.3) is 0 Å². The first kappa shape index (κ1) is 15.0. The summed E-state index contributed by atoms with van der Waals surface area (Å²) in [4.78, 5) is 25.3. The van der Waals surface area contributed by atoms with Gasteiger partial charge >= 0.3 is 5.97 Å². The van der Waals surface area contributed by atoms with E-state index in [1.54, 1.807) is 4.90 Å². The smallest absolute Gasteiger partial charge is 0.310 e. The number of methoxy groups -OCH3 is 1. The van der Waals surface area contributed by atoms with Crippen molar-refractivity contribution in [3.63, 3.8) is 0 Å². The molecule has 0 aromatic carbocycles. The van der Waals surface area contributed by atoms with Crippen LogP contribution in [0.25, 0.3) is 0 Å². The van der Waals surface area contributed by atoms with Crippen LogP contribution >= 0.6 is 0 Å². The average Bonchev–Trinajstić information content (AvgIpc) is 2.75. The first-order valence-corrected chi connectivity index (χ1v) is 6.61. The van der Waals surface area contributed by atoms with Gasteiger partial charge < -0.3 is 9.64 Å². The van der Waals surface area contributed by atoms with E-state index in [2.05, 4.69) is 27.7 Å². The summed E-state index contributed by atoms with van der Waals surface area (Å²) in [5.41, 5.74) is 0.136. The van der Waals surface area contributed by atoms with Crippen LogP contribution in [0.3, 0.4) is 0 Å².